The lowest BCUT2D eigenvalue weighted by atomic mass is 10.1. The summed E-state index contributed by atoms with van der Waals surface area (Å²) in [5.74, 6) is -0.226. The largest absolute Gasteiger partial charge is 0.334 e. The summed E-state index contributed by atoms with van der Waals surface area (Å²) in [5, 5.41) is 2.82. The number of nitrogens with one attached hydrogen (secondary N) is 1. The first-order valence-electron chi connectivity index (χ1n) is 6.09. The van der Waals surface area contributed by atoms with Gasteiger partial charge in [-0.3, -0.25) is 0 Å². The molecule has 1 aromatic rings. The van der Waals surface area contributed by atoms with Crippen LogP contribution in [0, 0.1) is 12.7 Å². The molecule has 1 aromatic carbocycles. The Morgan fingerprint density at radius 1 is 1.61 bits per heavy atom. The average molecular weight is 251 g/mol. The normalized spacial score (nSPS) is 19.1. The van der Waals surface area contributed by atoms with Crippen molar-refractivity contribution >= 4 is 6.03 Å². The van der Waals surface area contributed by atoms with Gasteiger partial charge in [0.15, 0.2) is 0 Å². The van der Waals surface area contributed by atoms with Crippen molar-refractivity contribution in [3.05, 3.63) is 35.1 Å². The van der Waals surface area contributed by atoms with Crippen LogP contribution in [0.15, 0.2) is 18.2 Å². The van der Waals surface area contributed by atoms with Gasteiger partial charge in [-0.15, -0.1) is 0 Å². The fourth-order valence-corrected chi connectivity index (χ4v) is 2.08. The van der Waals surface area contributed by atoms with E-state index in [0.717, 1.165) is 12.0 Å². The lowest BCUT2D eigenvalue weighted by molar-refractivity contribution is 0.208. The Labute approximate surface area is 106 Å². The van der Waals surface area contributed by atoms with E-state index in [1.165, 1.54) is 6.07 Å². The van der Waals surface area contributed by atoms with Crippen LogP contribution in [0.4, 0.5) is 9.18 Å². The van der Waals surface area contributed by atoms with E-state index in [0.29, 0.717) is 25.2 Å². The zero-order valence-corrected chi connectivity index (χ0v) is 10.4. The number of carbonyl (C=O) groups excluding carboxylic acids is 1. The van der Waals surface area contributed by atoms with Gasteiger partial charge in [-0.25, -0.2) is 9.18 Å². The van der Waals surface area contributed by atoms with E-state index in [1.807, 2.05) is 0 Å². The van der Waals surface area contributed by atoms with Crippen LogP contribution in [-0.2, 0) is 6.54 Å². The molecule has 3 N–H and O–H groups in total. The van der Waals surface area contributed by atoms with Crippen molar-refractivity contribution in [1.29, 1.82) is 0 Å². The number of nitrogens with two attached hydrogens (primary N) is 1. The number of likely N-dealkylation sites (tertiary alicyclic amines) is 1. The van der Waals surface area contributed by atoms with E-state index >= 15 is 0 Å². The van der Waals surface area contributed by atoms with Gasteiger partial charge in [0.2, 0.25) is 0 Å². The molecule has 98 valence electrons. The number of halogens is 1. The van der Waals surface area contributed by atoms with E-state index in [9.17, 15) is 9.18 Å². The molecule has 1 atom stereocenters. The highest BCUT2D eigenvalue weighted by Crippen LogP contribution is 2.10. The Bertz CT molecular complexity index is 450. The van der Waals surface area contributed by atoms with E-state index in [-0.39, 0.29) is 17.9 Å². The predicted octanol–water partition coefficient (Wildman–Crippen LogP) is 1.38. The highest BCUT2D eigenvalue weighted by atomic mass is 19.1. The van der Waals surface area contributed by atoms with Gasteiger partial charge in [0.1, 0.15) is 5.82 Å². The van der Waals surface area contributed by atoms with Crippen molar-refractivity contribution in [1.82, 2.24) is 10.2 Å². The molecule has 18 heavy (non-hydrogen) atoms. The number of hydrogen-bond donors (Lipinski definition) is 2. The predicted molar refractivity (Wildman–Crippen MR) is 67.5 cm³/mol. The third-order valence-electron chi connectivity index (χ3n) is 3.18. The molecular weight excluding hydrogens is 233 g/mol. The van der Waals surface area contributed by atoms with Crippen LogP contribution in [0.3, 0.4) is 0 Å². The molecule has 1 aliphatic rings. The second kappa shape index (κ2) is 5.35. The first kappa shape index (κ1) is 12.8. The first-order valence-corrected chi connectivity index (χ1v) is 6.09. The van der Waals surface area contributed by atoms with Crippen LogP contribution >= 0.6 is 0 Å². The molecule has 0 spiro atoms. The van der Waals surface area contributed by atoms with Crippen molar-refractivity contribution in [2.75, 3.05) is 13.1 Å². The van der Waals surface area contributed by atoms with Crippen molar-refractivity contribution in [2.24, 2.45) is 5.73 Å². The summed E-state index contributed by atoms with van der Waals surface area (Å²) in [6, 6.07) is 4.82. The first-order chi connectivity index (χ1) is 8.56. The second-order valence-corrected chi connectivity index (χ2v) is 4.74. The molecule has 0 unspecified atom stereocenters. The molecule has 2 rings (SSSR count). The molecule has 1 aliphatic heterocycles. The van der Waals surface area contributed by atoms with Gasteiger partial charge < -0.3 is 16.0 Å². The minimum atomic E-state index is -0.226. The highest BCUT2D eigenvalue weighted by molar-refractivity contribution is 5.74. The van der Waals surface area contributed by atoms with Crippen LogP contribution in [0.1, 0.15) is 17.5 Å². The number of urea groups is 1. The minimum Gasteiger partial charge on any atom is -0.334 e. The Balaban J connectivity index is 1.87. The molecule has 1 heterocycles. The smallest absolute Gasteiger partial charge is 0.317 e. The van der Waals surface area contributed by atoms with Gasteiger partial charge in [-0.05, 0) is 30.5 Å². The maximum atomic E-state index is 13.1. The molecule has 1 fully saturated rings. The number of benzene rings is 1. The average Bonchev–Trinajstić information content (AvgIpc) is 2.77. The molecule has 4 nitrogen and oxygen atoms in total. The summed E-state index contributed by atoms with van der Waals surface area (Å²) in [6.07, 6.45) is 0.850. The van der Waals surface area contributed by atoms with Crippen molar-refractivity contribution in [2.45, 2.75) is 25.9 Å². The zero-order valence-electron chi connectivity index (χ0n) is 10.4. The van der Waals surface area contributed by atoms with E-state index in [1.54, 1.807) is 24.0 Å². The van der Waals surface area contributed by atoms with Crippen LogP contribution in [-0.4, -0.2) is 30.1 Å². The molecule has 5 heteroatoms. The minimum absolute atomic E-state index is 0.0869. The van der Waals surface area contributed by atoms with Gasteiger partial charge in [0, 0.05) is 25.7 Å². The van der Waals surface area contributed by atoms with Gasteiger partial charge in [0.25, 0.3) is 0 Å². The molecule has 0 saturated carbocycles. The fraction of sp³-hybridized carbons (Fsp3) is 0.462. The van der Waals surface area contributed by atoms with Crippen LogP contribution < -0.4 is 11.1 Å². The molecule has 0 bridgehead atoms. The third kappa shape index (κ3) is 2.98. The fourth-order valence-electron chi connectivity index (χ4n) is 2.08. The van der Waals surface area contributed by atoms with E-state index < -0.39 is 0 Å². The molecule has 0 aromatic heterocycles. The van der Waals surface area contributed by atoms with Crippen molar-refractivity contribution in [3.8, 4) is 0 Å². The number of amides is 2. The molecule has 0 radical (unpaired) electrons. The topological polar surface area (TPSA) is 58.4 Å². The summed E-state index contributed by atoms with van der Waals surface area (Å²) in [4.78, 5) is 13.5. The molecule has 2 amide bonds. The lowest BCUT2D eigenvalue weighted by Crippen LogP contribution is -2.39. The van der Waals surface area contributed by atoms with Crippen molar-refractivity contribution in [3.63, 3.8) is 0 Å². The third-order valence-corrected chi connectivity index (χ3v) is 3.18. The number of rotatable bonds is 2. The van der Waals surface area contributed by atoms with Crippen molar-refractivity contribution < 1.29 is 9.18 Å². The zero-order chi connectivity index (χ0) is 13.1. The maximum Gasteiger partial charge on any atom is 0.317 e. The van der Waals surface area contributed by atoms with Gasteiger partial charge in [-0.2, -0.15) is 0 Å². The summed E-state index contributed by atoms with van der Waals surface area (Å²) >= 11 is 0. The summed E-state index contributed by atoms with van der Waals surface area (Å²) in [5.41, 5.74) is 7.23. The van der Waals surface area contributed by atoms with Crippen LogP contribution in [0.5, 0.6) is 0 Å². The summed E-state index contributed by atoms with van der Waals surface area (Å²) < 4.78 is 13.1. The number of nitrogens with zero attached hydrogens (tertiary/aromatic N) is 1. The Morgan fingerprint density at radius 3 is 3.00 bits per heavy atom. The van der Waals surface area contributed by atoms with Gasteiger partial charge in [-0.1, -0.05) is 12.1 Å². The number of carbonyl (C=O) groups is 1. The van der Waals surface area contributed by atoms with Gasteiger partial charge in [0.05, 0.1) is 0 Å². The van der Waals surface area contributed by atoms with Crippen LogP contribution in [0.2, 0.25) is 0 Å². The highest BCUT2D eigenvalue weighted by Gasteiger charge is 2.23. The van der Waals surface area contributed by atoms with E-state index in [2.05, 4.69) is 5.32 Å². The number of aryl methyl sites for hydroxylation is 1. The standard InChI is InChI=1S/C13H18FN3O/c1-9-6-10(2-3-12(9)14)7-16-13(18)17-5-4-11(15)8-17/h2-3,6,11H,4-5,7-8,15H2,1H3,(H,16,18)/t11-/m0/s1. The van der Waals surface area contributed by atoms with Gasteiger partial charge >= 0.3 is 6.03 Å². The number of hydrogen-bond acceptors (Lipinski definition) is 2. The second-order valence-electron chi connectivity index (χ2n) is 4.74. The maximum absolute atomic E-state index is 13.1. The SMILES string of the molecule is Cc1cc(CNC(=O)N2CC[C@H](N)C2)ccc1F. The molecular formula is C13H18FN3O. The summed E-state index contributed by atoms with van der Waals surface area (Å²) in [7, 11) is 0. The Hall–Kier alpha value is -1.62. The Kier molecular flexibility index (Phi) is 3.81. The van der Waals surface area contributed by atoms with Crippen LogP contribution in [0.25, 0.3) is 0 Å². The molecule has 1 saturated heterocycles. The monoisotopic (exact) mass is 251 g/mol. The quantitative estimate of drug-likeness (QED) is 0.834. The summed E-state index contributed by atoms with van der Waals surface area (Å²) in [6.45, 7) is 3.43. The Morgan fingerprint density at radius 2 is 2.39 bits per heavy atom. The molecule has 0 aliphatic carbocycles. The lowest BCUT2D eigenvalue weighted by Gasteiger charge is -2.16. The van der Waals surface area contributed by atoms with E-state index in [4.69, 9.17) is 5.73 Å².